The van der Waals surface area contributed by atoms with Crippen molar-refractivity contribution in [2.75, 3.05) is 7.05 Å². The molecule has 0 atom stereocenters. The molecular weight excluding hydrogens is 278 g/mol. The molecule has 2 heterocycles. The number of nitrogens with zero attached hydrogens (tertiary/aromatic N) is 5. The predicted molar refractivity (Wildman–Crippen MR) is 85.9 cm³/mol. The number of carbonyl (C=O) groups is 1. The van der Waals surface area contributed by atoms with Crippen LogP contribution in [0.2, 0.25) is 0 Å². The van der Waals surface area contributed by atoms with Crippen LogP contribution in [0.3, 0.4) is 0 Å². The van der Waals surface area contributed by atoms with Crippen LogP contribution in [0.5, 0.6) is 0 Å². The Morgan fingerprint density at radius 1 is 1.09 bits per heavy atom. The summed E-state index contributed by atoms with van der Waals surface area (Å²) in [7, 11) is 3.75. The van der Waals surface area contributed by atoms with Crippen LogP contribution >= 0.6 is 0 Å². The van der Waals surface area contributed by atoms with Crippen molar-refractivity contribution < 1.29 is 4.79 Å². The maximum Gasteiger partial charge on any atom is 0.257 e. The second-order valence-electron chi connectivity index (χ2n) is 5.80. The lowest BCUT2D eigenvalue weighted by atomic mass is 10.1. The molecule has 0 aromatic carbocycles. The molecule has 0 spiro atoms. The van der Waals surface area contributed by atoms with Gasteiger partial charge in [-0.3, -0.25) is 14.2 Å². The van der Waals surface area contributed by atoms with Crippen LogP contribution in [0, 0.1) is 27.7 Å². The van der Waals surface area contributed by atoms with Crippen molar-refractivity contribution in [3.05, 3.63) is 33.9 Å². The van der Waals surface area contributed by atoms with E-state index in [2.05, 4.69) is 10.2 Å². The Hall–Kier alpha value is -2.11. The lowest BCUT2D eigenvalue weighted by Crippen LogP contribution is -2.27. The second-order valence-corrected chi connectivity index (χ2v) is 5.80. The van der Waals surface area contributed by atoms with Crippen LogP contribution in [0.1, 0.15) is 45.6 Å². The average Bonchev–Trinajstić information content (AvgIpc) is 2.88. The molecule has 0 N–H and O–H groups in total. The zero-order chi connectivity index (χ0) is 16.6. The SMILES string of the molecule is CCn1nc(C)c(C(=O)N(C)Cc2c(C)nn(C)c2C)c1C. The fraction of sp³-hybridized carbons (Fsp3) is 0.562. The topological polar surface area (TPSA) is 56.0 Å². The van der Waals surface area contributed by atoms with E-state index in [1.165, 1.54) is 0 Å². The molecule has 6 heteroatoms. The zero-order valence-corrected chi connectivity index (χ0v) is 14.6. The molecular formula is C16H25N5O. The average molecular weight is 303 g/mol. The van der Waals surface area contributed by atoms with Gasteiger partial charge in [-0.2, -0.15) is 10.2 Å². The van der Waals surface area contributed by atoms with Crippen molar-refractivity contribution >= 4 is 5.91 Å². The molecule has 2 aromatic heterocycles. The first kappa shape index (κ1) is 16.3. The van der Waals surface area contributed by atoms with Gasteiger partial charge >= 0.3 is 0 Å². The van der Waals surface area contributed by atoms with Gasteiger partial charge in [-0.1, -0.05) is 0 Å². The first-order valence-electron chi connectivity index (χ1n) is 7.56. The number of hydrogen-bond acceptors (Lipinski definition) is 3. The van der Waals surface area contributed by atoms with Gasteiger partial charge in [0.05, 0.1) is 17.0 Å². The van der Waals surface area contributed by atoms with E-state index < -0.39 is 0 Å². The van der Waals surface area contributed by atoms with Crippen molar-refractivity contribution in [2.45, 2.75) is 47.7 Å². The summed E-state index contributed by atoms with van der Waals surface area (Å²) in [6.07, 6.45) is 0. The smallest absolute Gasteiger partial charge is 0.257 e. The van der Waals surface area contributed by atoms with Crippen molar-refractivity contribution in [2.24, 2.45) is 7.05 Å². The van der Waals surface area contributed by atoms with Gasteiger partial charge in [0.1, 0.15) is 0 Å². The summed E-state index contributed by atoms with van der Waals surface area (Å²) in [5.41, 5.74) is 5.60. The van der Waals surface area contributed by atoms with Gasteiger partial charge in [-0.15, -0.1) is 0 Å². The van der Waals surface area contributed by atoms with Crippen molar-refractivity contribution in [3.8, 4) is 0 Å². The molecule has 0 bridgehead atoms. The summed E-state index contributed by atoms with van der Waals surface area (Å²) in [5, 5.41) is 8.84. The van der Waals surface area contributed by atoms with Gasteiger partial charge in [0.15, 0.2) is 0 Å². The molecule has 1 amide bonds. The van der Waals surface area contributed by atoms with Gasteiger partial charge in [0, 0.05) is 44.1 Å². The highest BCUT2D eigenvalue weighted by molar-refractivity contribution is 5.96. The highest BCUT2D eigenvalue weighted by Gasteiger charge is 2.23. The Balaban J connectivity index is 2.28. The van der Waals surface area contributed by atoms with Crippen LogP contribution in [-0.4, -0.2) is 37.4 Å². The molecule has 22 heavy (non-hydrogen) atoms. The first-order valence-corrected chi connectivity index (χ1v) is 7.56. The van der Waals surface area contributed by atoms with Gasteiger partial charge < -0.3 is 4.90 Å². The van der Waals surface area contributed by atoms with E-state index >= 15 is 0 Å². The number of aryl methyl sites for hydroxylation is 4. The Bertz CT molecular complexity index is 711. The quantitative estimate of drug-likeness (QED) is 0.869. The number of hydrogen-bond donors (Lipinski definition) is 0. The molecule has 2 rings (SSSR count). The van der Waals surface area contributed by atoms with Crippen LogP contribution in [-0.2, 0) is 20.1 Å². The molecule has 0 radical (unpaired) electrons. The molecule has 2 aromatic rings. The van der Waals surface area contributed by atoms with Crippen molar-refractivity contribution in [1.82, 2.24) is 24.5 Å². The standard InChI is InChI=1S/C16H25N5O/c1-8-21-13(5)15(11(3)18-21)16(22)19(6)9-14-10(2)17-20(7)12(14)4/h8-9H2,1-7H3. The molecule has 0 aliphatic rings. The number of carbonyl (C=O) groups excluding carboxylic acids is 1. The van der Waals surface area contributed by atoms with Crippen LogP contribution in [0.4, 0.5) is 0 Å². The van der Waals surface area contributed by atoms with E-state index in [4.69, 9.17) is 0 Å². The van der Waals surface area contributed by atoms with Crippen LogP contribution in [0.15, 0.2) is 0 Å². The van der Waals surface area contributed by atoms with Gasteiger partial charge in [0.25, 0.3) is 5.91 Å². The summed E-state index contributed by atoms with van der Waals surface area (Å²) in [6.45, 7) is 11.2. The summed E-state index contributed by atoms with van der Waals surface area (Å²) >= 11 is 0. The zero-order valence-electron chi connectivity index (χ0n) is 14.6. The molecule has 0 aliphatic heterocycles. The summed E-state index contributed by atoms with van der Waals surface area (Å²) < 4.78 is 3.73. The molecule has 120 valence electrons. The largest absolute Gasteiger partial charge is 0.337 e. The molecule has 0 fully saturated rings. The minimum absolute atomic E-state index is 0.0114. The first-order chi connectivity index (χ1) is 10.3. The minimum Gasteiger partial charge on any atom is -0.337 e. The lowest BCUT2D eigenvalue weighted by molar-refractivity contribution is 0.0783. The Morgan fingerprint density at radius 2 is 1.73 bits per heavy atom. The van der Waals surface area contributed by atoms with Crippen molar-refractivity contribution in [3.63, 3.8) is 0 Å². The highest BCUT2D eigenvalue weighted by atomic mass is 16.2. The summed E-state index contributed by atoms with van der Waals surface area (Å²) in [4.78, 5) is 14.5. The molecule has 0 unspecified atom stereocenters. The third kappa shape index (κ3) is 2.65. The van der Waals surface area contributed by atoms with E-state index in [1.54, 1.807) is 4.90 Å². The van der Waals surface area contributed by atoms with E-state index in [1.807, 2.05) is 58.1 Å². The van der Waals surface area contributed by atoms with E-state index in [0.717, 1.165) is 34.9 Å². The number of aromatic nitrogens is 4. The van der Waals surface area contributed by atoms with Gasteiger partial charge in [0.2, 0.25) is 0 Å². The van der Waals surface area contributed by atoms with E-state index in [-0.39, 0.29) is 5.91 Å². The van der Waals surface area contributed by atoms with E-state index in [0.29, 0.717) is 12.1 Å². The lowest BCUT2D eigenvalue weighted by Gasteiger charge is -2.18. The predicted octanol–water partition coefficient (Wildman–Crippen LogP) is 2.14. The highest BCUT2D eigenvalue weighted by Crippen LogP contribution is 2.19. The monoisotopic (exact) mass is 303 g/mol. The number of amides is 1. The van der Waals surface area contributed by atoms with Gasteiger partial charge in [-0.25, -0.2) is 0 Å². The van der Waals surface area contributed by atoms with Crippen LogP contribution in [0.25, 0.3) is 0 Å². The second kappa shape index (κ2) is 5.94. The minimum atomic E-state index is 0.0114. The normalized spacial score (nSPS) is 11.0. The van der Waals surface area contributed by atoms with E-state index in [9.17, 15) is 4.79 Å². The maximum absolute atomic E-state index is 12.8. The third-order valence-corrected chi connectivity index (χ3v) is 4.30. The summed E-state index contributed by atoms with van der Waals surface area (Å²) in [5.74, 6) is 0.0114. The van der Waals surface area contributed by atoms with Crippen LogP contribution < -0.4 is 0 Å². The Kier molecular flexibility index (Phi) is 4.39. The van der Waals surface area contributed by atoms with Crippen molar-refractivity contribution in [1.29, 1.82) is 0 Å². The molecule has 0 saturated carbocycles. The summed E-state index contributed by atoms with van der Waals surface area (Å²) in [6, 6.07) is 0. The molecule has 0 saturated heterocycles. The molecule has 6 nitrogen and oxygen atoms in total. The fourth-order valence-corrected chi connectivity index (χ4v) is 2.86. The molecule has 0 aliphatic carbocycles. The maximum atomic E-state index is 12.8. The van der Waals surface area contributed by atoms with Gasteiger partial charge in [-0.05, 0) is 34.6 Å². The third-order valence-electron chi connectivity index (χ3n) is 4.30. The number of rotatable bonds is 4. The Labute approximate surface area is 131 Å². The Morgan fingerprint density at radius 3 is 2.18 bits per heavy atom. The fourth-order valence-electron chi connectivity index (χ4n) is 2.86.